The van der Waals surface area contributed by atoms with Gasteiger partial charge < -0.3 is 0 Å². The van der Waals surface area contributed by atoms with E-state index in [1.807, 2.05) is 18.2 Å². The molecule has 14 heavy (non-hydrogen) atoms. The Morgan fingerprint density at radius 2 is 2.00 bits per heavy atom. The lowest BCUT2D eigenvalue weighted by molar-refractivity contribution is 0.676. The molecular weight excluding hydrogens is 196 g/mol. The minimum Gasteiger partial charge on any atom is -0.243 e. The van der Waals surface area contributed by atoms with E-state index in [2.05, 4.69) is 4.36 Å². The van der Waals surface area contributed by atoms with E-state index >= 15 is 0 Å². The zero-order valence-corrected chi connectivity index (χ0v) is 8.41. The fourth-order valence-electron chi connectivity index (χ4n) is 1.38. The Morgan fingerprint density at radius 1 is 1.36 bits per heavy atom. The van der Waals surface area contributed by atoms with Crippen molar-refractivity contribution in [2.45, 2.75) is 23.0 Å². The van der Waals surface area contributed by atoms with Gasteiger partial charge in [0.1, 0.15) is 0 Å². The number of benzene rings is 1. The summed E-state index contributed by atoms with van der Waals surface area (Å²) < 4.78 is 16.0. The lowest BCUT2D eigenvalue weighted by Gasteiger charge is -2.05. The van der Waals surface area contributed by atoms with Crippen LogP contribution in [0.4, 0.5) is 0 Å². The van der Waals surface area contributed by atoms with Gasteiger partial charge in [-0.3, -0.25) is 0 Å². The molecule has 1 aromatic rings. The fourth-order valence-corrected chi connectivity index (χ4v) is 3.47. The maximum atomic E-state index is 12.4. The highest BCUT2D eigenvalue weighted by Crippen LogP contribution is 2.35. The third kappa shape index (κ3) is 1.51. The van der Waals surface area contributed by atoms with E-state index in [0.717, 1.165) is 12.8 Å². The van der Waals surface area contributed by atoms with Crippen LogP contribution in [0.1, 0.15) is 12.8 Å². The first kappa shape index (κ1) is 9.22. The second-order valence-corrected chi connectivity index (χ2v) is 5.73. The molecule has 1 atom stereocenters. The van der Waals surface area contributed by atoms with Crippen LogP contribution in [0.5, 0.6) is 0 Å². The van der Waals surface area contributed by atoms with Gasteiger partial charge >= 0.3 is 0 Å². The molecule has 0 aliphatic heterocycles. The first-order valence-corrected chi connectivity index (χ1v) is 6.04. The Kier molecular flexibility index (Phi) is 2.26. The van der Waals surface area contributed by atoms with Crippen LogP contribution in [0.25, 0.3) is 0 Å². The number of nitriles is 1. The van der Waals surface area contributed by atoms with Gasteiger partial charge in [0.2, 0.25) is 6.19 Å². The summed E-state index contributed by atoms with van der Waals surface area (Å²) in [6.45, 7) is 0. The Balaban J connectivity index is 2.54. The summed E-state index contributed by atoms with van der Waals surface area (Å²) in [5.41, 5.74) is 0. The fraction of sp³-hybridized carbons (Fsp3) is 0.300. The molecule has 3 nitrogen and oxygen atoms in total. The highest BCUT2D eigenvalue weighted by molar-refractivity contribution is 7.94. The molecule has 0 amide bonds. The van der Waals surface area contributed by atoms with Crippen molar-refractivity contribution in [3.8, 4) is 6.19 Å². The summed E-state index contributed by atoms with van der Waals surface area (Å²) in [4.78, 5) is 0.684. The number of hydrogen-bond acceptors (Lipinski definition) is 3. The van der Waals surface area contributed by atoms with Crippen LogP contribution < -0.4 is 0 Å². The van der Waals surface area contributed by atoms with Gasteiger partial charge in [0.05, 0.1) is 9.73 Å². The van der Waals surface area contributed by atoms with E-state index in [-0.39, 0.29) is 5.25 Å². The van der Waals surface area contributed by atoms with Crippen LogP contribution >= 0.6 is 0 Å². The van der Waals surface area contributed by atoms with E-state index in [4.69, 9.17) is 5.26 Å². The van der Waals surface area contributed by atoms with Gasteiger partial charge in [-0.1, -0.05) is 18.2 Å². The highest BCUT2D eigenvalue weighted by Gasteiger charge is 2.35. The Hall–Kier alpha value is -1.34. The zero-order valence-electron chi connectivity index (χ0n) is 7.59. The van der Waals surface area contributed by atoms with Crippen LogP contribution in [0.2, 0.25) is 0 Å². The molecule has 1 aromatic carbocycles. The first-order valence-electron chi connectivity index (χ1n) is 4.46. The van der Waals surface area contributed by atoms with Crippen molar-refractivity contribution in [1.82, 2.24) is 0 Å². The largest absolute Gasteiger partial charge is 0.243 e. The van der Waals surface area contributed by atoms with Crippen LogP contribution in [0.3, 0.4) is 0 Å². The van der Waals surface area contributed by atoms with Crippen molar-refractivity contribution in [2.24, 2.45) is 4.36 Å². The maximum absolute atomic E-state index is 12.4. The van der Waals surface area contributed by atoms with Crippen molar-refractivity contribution >= 4 is 9.73 Å². The van der Waals surface area contributed by atoms with Crippen LogP contribution in [0.15, 0.2) is 39.6 Å². The summed E-state index contributed by atoms with van der Waals surface area (Å²) in [5.74, 6) is 0. The monoisotopic (exact) mass is 206 g/mol. The number of rotatable bonds is 2. The summed E-state index contributed by atoms with van der Waals surface area (Å²) in [6, 6.07) is 9.07. The third-order valence-electron chi connectivity index (χ3n) is 2.23. The van der Waals surface area contributed by atoms with E-state index in [0.29, 0.717) is 4.90 Å². The average Bonchev–Trinajstić information content (AvgIpc) is 3.03. The van der Waals surface area contributed by atoms with Crippen molar-refractivity contribution in [2.75, 3.05) is 0 Å². The summed E-state index contributed by atoms with van der Waals surface area (Å²) >= 11 is 0. The van der Waals surface area contributed by atoms with Crippen molar-refractivity contribution < 1.29 is 4.21 Å². The van der Waals surface area contributed by atoms with Gasteiger partial charge in [0, 0.05) is 10.1 Å². The van der Waals surface area contributed by atoms with Crippen molar-refractivity contribution in [1.29, 1.82) is 5.26 Å². The predicted molar refractivity (Wildman–Crippen MR) is 53.9 cm³/mol. The SMILES string of the molecule is N#CN=S(=O)(c1ccccc1)C1CC1. The molecule has 0 N–H and O–H groups in total. The second-order valence-electron chi connectivity index (χ2n) is 3.27. The Labute approximate surface area is 83.6 Å². The lowest BCUT2D eigenvalue weighted by Crippen LogP contribution is -2.06. The molecule has 1 fully saturated rings. The minimum absolute atomic E-state index is 0.0875. The molecule has 1 unspecified atom stereocenters. The molecule has 72 valence electrons. The van der Waals surface area contributed by atoms with Gasteiger partial charge in [-0.2, -0.15) is 5.26 Å². The Bertz CT molecular complexity index is 477. The maximum Gasteiger partial charge on any atom is 0.214 e. The predicted octanol–water partition coefficient (Wildman–Crippen LogP) is 2.16. The molecule has 2 rings (SSSR count). The summed E-state index contributed by atoms with van der Waals surface area (Å²) in [7, 11) is -2.46. The van der Waals surface area contributed by atoms with Gasteiger partial charge in [-0.05, 0) is 25.0 Å². The first-order chi connectivity index (χ1) is 6.77. The van der Waals surface area contributed by atoms with Crippen LogP contribution in [-0.4, -0.2) is 9.46 Å². The Morgan fingerprint density at radius 3 is 2.50 bits per heavy atom. The molecule has 0 saturated heterocycles. The van der Waals surface area contributed by atoms with Crippen LogP contribution in [0, 0.1) is 11.5 Å². The second kappa shape index (κ2) is 3.43. The van der Waals surface area contributed by atoms with Crippen molar-refractivity contribution in [3.63, 3.8) is 0 Å². The molecule has 1 saturated carbocycles. The van der Waals surface area contributed by atoms with E-state index in [1.165, 1.54) is 0 Å². The van der Waals surface area contributed by atoms with Gasteiger partial charge in [-0.15, -0.1) is 4.36 Å². The molecule has 1 aliphatic rings. The summed E-state index contributed by atoms with van der Waals surface area (Å²) in [5, 5.41) is 8.63. The van der Waals surface area contributed by atoms with Crippen LogP contribution in [-0.2, 0) is 9.73 Å². The van der Waals surface area contributed by atoms with E-state index in [9.17, 15) is 4.21 Å². The molecule has 0 radical (unpaired) electrons. The quantitative estimate of drug-likeness (QED) is 0.696. The molecule has 0 heterocycles. The minimum atomic E-state index is -2.46. The standard InChI is InChI=1S/C10H10N2OS/c11-8-12-14(13,10-6-7-10)9-4-2-1-3-5-9/h1-5,10H,6-7H2. The average molecular weight is 206 g/mol. The topological polar surface area (TPSA) is 53.2 Å². The van der Waals surface area contributed by atoms with E-state index < -0.39 is 9.73 Å². The highest BCUT2D eigenvalue weighted by atomic mass is 32.2. The molecule has 0 spiro atoms. The molecule has 1 aliphatic carbocycles. The number of hydrogen-bond donors (Lipinski definition) is 0. The van der Waals surface area contributed by atoms with E-state index in [1.54, 1.807) is 18.3 Å². The normalized spacial score (nSPS) is 19.4. The zero-order chi connectivity index (χ0) is 10.0. The molecule has 0 aromatic heterocycles. The van der Waals surface area contributed by atoms with Gasteiger partial charge in [0.15, 0.2) is 0 Å². The third-order valence-corrected chi connectivity index (χ3v) is 4.91. The summed E-state index contributed by atoms with van der Waals surface area (Å²) in [6.07, 6.45) is 3.51. The molecule has 4 heteroatoms. The van der Waals surface area contributed by atoms with Crippen molar-refractivity contribution in [3.05, 3.63) is 30.3 Å². The molecular formula is C10H10N2OS. The smallest absolute Gasteiger partial charge is 0.214 e. The lowest BCUT2D eigenvalue weighted by atomic mass is 10.4. The number of nitrogens with zero attached hydrogens (tertiary/aromatic N) is 2. The van der Waals surface area contributed by atoms with Gasteiger partial charge in [-0.25, -0.2) is 4.21 Å². The van der Waals surface area contributed by atoms with Gasteiger partial charge in [0.25, 0.3) is 0 Å². The molecule has 0 bridgehead atoms.